The van der Waals surface area contributed by atoms with Crippen molar-refractivity contribution in [1.29, 1.82) is 0 Å². The predicted octanol–water partition coefficient (Wildman–Crippen LogP) is 6.77. The molecule has 40 heavy (non-hydrogen) atoms. The van der Waals surface area contributed by atoms with Gasteiger partial charge in [-0.3, -0.25) is 15.3 Å². The molecule has 8 nitrogen and oxygen atoms in total. The van der Waals surface area contributed by atoms with Crippen molar-refractivity contribution in [3.05, 3.63) is 102 Å². The Morgan fingerprint density at radius 3 is 2.62 bits per heavy atom. The van der Waals surface area contributed by atoms with Crippen LogP contribution < -0.4 is 15.4 Å². The standard InChI is InChI=1S/C30H27FN4O4S/c1-37-14-13-32-17-21-7-9-24(34-18-21)28-16-25-29(40-28)27(11-12-33-25)39-26-10-8-22(15-23(26)31)35-30(36)38-19-20-5-3-2-4-6-20/h2-12,15-16,18,32H,13-14,17,19H2,1H3,(H,35,36). The van der Waals surface area contributed by atoms with E-state index in [1.807, 2.05) is 54.7 Å². The van der Waals surface area contributed by atoms with Crippen LogP contribution >= 0.6 is 11.3 Å². The van der Waals surface area contributed by atoms with E-state index in [-0.39, 0.29) is 18.0 Å². The van der Waals surface area contributed by atoms with Crippen LogP contribution in [0.3, 0.4) is 0 Å². The van der Waals surface area contributed by atoms with Crippen molar-refractivity contribution in [1.82, 2.24) is 15.3 Å². The zero-order chi connectivity index (χ0) is 27.7. The van der Waals surface area contributed by atoms with Crippen LogP contribution in [0.2, 0.25) is 0 Å². The third-order valence-corrected chi connectivity index (χ3v) is 7.04. The maximum Gasteiger partial charge on any atom is 0.411 e. The molecule has 0 saturated carbocycles. The summed E-state index contributed by atoms with van der Waals surface area (Å²) in [6, 6.07) is 21.1. The zero-order valence-corrected chi connectivity index (χ0v) is 22.5. The lowest BCUT2D eigenvalue weighted by Gasteiger charge is -2.10. The SMILES string of the molecule is COCCNCc1ccc(-c2cc3nccc(Oc4ccc(NC(=O)OCc5ccccc5)cc4F)c3s2)nc1. The summed E-state index contributed by atoms with van der Waals surface area (Å²) < 4.78 is 31.9. The Hall–Kier alpha value is -4.38. The van der Waals surface area contributed by atoms with Crippen LogP contribution in [0.4, 0.5) is 14.9 Å². The van der Waals surface area contributed by atoms with E-state index >= 15 is 0 Å². The van der Waals surface area contributed by atoms with Gasteiger partial charge in [0.05, 0.1) is 27.4 Å². The fraction of sp³-hybridized carbons (Fsp3) is 0.167. The minimum atomic E-state index is -0.678. The number of hydrogen-bond acceptors (Lipinski definition) is 8. The molecule has 2 aromatic carbocycles. The van der Waals surface area contributed by atoms with Gasteiger partial charge in [-0.25, -0.2) is 9.18 Å². The van der Waals surface area contributed by atoms with E-state index in [2.05, 4.69) is 20.6 Å². The second kappa shape index (κ2) is 13.1. The third kappa shape index (κ3) is 6.97. The van der Waals surface area contributed by atoms with Gasteiger partial charge >= 0.3 is 6.09 Å². The van der Waals surface area contributed by atoms with Crippen LogP contribution in [-0.4, -0.2) is 36.3 Å². The van der Waals surface area contributed by atoms with E-state index in [4.69, 9.17) is 14.2 Å². The number of halogens is 1. The number of carbonyl (C=O) groups is 1. The second-order valence-corrected chi connectivity index (χ2v) is 9.84. The molecule has 0 aliphatic heterocycles. The monoisotopic (exact) mass is 558 g/mol. The van der Waals surface area contributed by atoms with E-state index < -0.39 is 11.9 Å². The maximum absolute atomic E-state index is 14.9. The number of nitrogens with zero attached hydrogens (tertiary/aromatic N) is 2. The van der Waals surface area contributed by atoms with Gasteiger partial charge in [-0.2, -0.15) is 0 Å². The number of aromatic nitrogens is 2. The number of rotatable bonds is 11. The lowest BCUT2D eigenvalue weighted by Crippen LogP contribution is -2.18. The second-order valence-electron chi connectivity index (χ2n) is 8.79. The van der Waals surface area contributed by atoms with Gasteiger partial charge in [0.15, 0.2) is 11.6 Å². The molecule has 0 aliphatic carbocycles. The Morgan fingerprint density at radius 1 is 0.975 bits per heavy atom. The third-order valence-electron chi connectivity index (χ3n) is 5.88. The van der Waals surface area contributed by atoms with Gasteiger partial charge in [0.1, 0.15) is 12.4 Å². The maximum atomic E-state index is 14.9. The lowest BCUT2D eigenvalue weighted by atomic mass is 10.2. The molecule has 0 unspecified atom stereocenters. The van der Waals surface area contributed by atoms with Crippen molar-refractivity contribution in [3.8, 4) is 22.1 Å². The van der Waals surface area contributed by atoms with Gasteiger partial charge in [0.2, 0.25) is 0 Å². The largest absolute Gasteiger partial charge is 0.453 e. The van der Waals surface area contributed by atoms with E-state index in [1.165, 1.54) is 23.5 Å². The normalized spacial score (nSPS) is 10.9. The highest BCUT2D eigenvalue weighted by atomic mass is 32.1. The van der Waals surface area contributed by atoms with E-state index in [0.717, 1.165) is 38.5 Å². The minimum Gasteiger partial charge on any atom is -0.453 e. The number of fused-ring (bicyclic) bond motifs is 1. The van der Waals surface area contributed by atoms with Gasteiger partial charge < -0.3 is 19.5 Å². The van der Waals surface area contributed by atoms with E-state index in [1.54, 1.807) is 25.4 Å². The topological polar surface area (TPSA) is 94.6 Å². The molecular formula is C30H27FN4O4S. The molecule has 0 bridgehead atoms. The quantitative estimate of drug-likeness (QED) is 0.173. The van der Waals surface area contributed by atoms with Gasteiger partial charge in [0.25, 0.3) is 0 Å². The van der Waals surface area contributed by atoms with Crippen LogP contribution in [0.1, 0.15) is 11.1 Å². The van der Waals surface area contributed by atoms with Crippen molar-refractivity contribution in [2.75, 3.05) is 25.6 Å². The summed E-state index contributed by atoms with van der Waals surface area (Å²) in [5.74, 6) is -0.129. The summed E-state index contributed by atoms with van der Waals surface area (Å²) in [7, 11) is 1.67. The average Bonchev–Trinajstić information content (AvgIpc) is 3.42. The summed E-state index contributed by atoms with van der Waals surface area (Å²) in [6.45, 7) is 2.24. The predicted molar refractivity (Wildman–Crippen MR) is 153 cm³/mol. The van der Waals surface area contributed by atoms with Crippen molar-refractivity contribution >= 4 is 33.3 Å². The molecule has 1 amide bonds. The number of thiophene rings is 1. The number of methoxy groups -OCH3 is 1. The molecule has 3 heterocycles. The molecule has 0 radical (unpaired) electrons. The summed E-state index contributed by atoms with van der Waals surface area (Å²) in [6.07, 6.45) is 2.78. The fourth-order valence-corrected chi connectivity index (χ4v) is 4.90. The molecule has 0 aliphatic rings. The summed E-state index contributed by atoms with van der Waals surface area (Å²) >= 11 is 1.47. The van der Waals surface area contributed by atoms with Crippen molar-refractivity contribution in [3.63, 3.8) is 0 Å². The Bertz CT molecular complexity index is 1580. The number of hydrogen-bond donors (Lipinski definition) is 2. The Labute approximate surface area is 234 Å². The number of carbonyl (C=O) groups excluding carboxylic acids is 1. The van der Waals surface area contributed by atoms with Gasteiger partial charge in [-0.15, -0.1) is 11.3 Å². The molecule has 2 N–H and O–H groups in total. The first kappa shape index (κ1) is 27.2. The van der Waals surface area contributed by atoms with Crippen molar-refractivity contribution < 1.29 is 23.4 Å². The zero-order valence-electron chi connectivity index (χ0n) is 21.7. The minimum absolute atomic E-state index is 0.0223. The molecule has 10 heteroatoms. The van der Waals surface area contributed by atoms with Crippen LogP contribution in [0.5, 0.6) is 11.5 Å². The van der Waals surface area contributed by atoms with Gasteiger partial charge in [-0.1, -0.05) is 36.4 Å². The van der Waals surface area contributed by atoms with Gasteiger partial charge in [-0.05, 0) is 35.4 Å². The van der Waals surface area contributed by atoms with Crippen LogP contribution in [0, 0.1) is 5.82 Å². The highest BCUT2D eigenvalue weighted by Gasteiger charge is 2.14. The highest BCUT2D eigenvalue weighted by Crippen LogP contribution is 2.39. The Balaban J connectivity index is 1.24. The Kier molecular flexibility index (Phi) is 8.92. The number of ether oxygens (including phenoxy) is 3. The van der Waals surface area contributed by atoms with E-state index in [9.17, 15) is 9.18 Å². The molecule has 0 atom stereocenters. The molecule has 5 aromatic rings. The number of benzene rings is 2. The molecule has 0 spiro atoms. The Morgan fingerprint density at radius 2 is 1.85 bits per heavy atom. The first-order valence-corrected chi connectivity index (χ1v) is 13.4. The molecule has 3 aromatic heterocycles. The molecule has 5 rings (SSSR count). The van der Waals surface area contributed by atoms with E-state index in [0.29, 0.717) is 18.9 Å². The van der Waals surface area contributed by atoms with Crippen LogP contribution in [0.15, 0.2) is 85.2 Å². The number of nitrogens with one attached hydrogen (secondary N) is 2. The lowest BCUT2D eigenvalue weighted by molar-refractivity contribution is 0.155. The number of pyridine rings is 2. The first-order valence-electron chi connectivity index (χ1n) is 12.6. The average molecular weight is 559 g/mol. The smallest absolute Gasteiger partial charge is 0.411 e. The molecular weight excluding hydrogens is 531 g/mol. The van der Waals surface area contributed by atoms with Crippen molar-refractivity contribution in [2.45, 2.75) is 13.2 Å². The summed E-state index contributed by atoms with van der Waals surface area (Å²) in [5.41, 5.74) is 3.72. The molecule has 204 valence electrons. The number of anilines is 1. The van der Waals surface area contributed by atoms with Crippen molar-refractivity contribution in [2.24, 2.45) is 0 Å². The first-order chi connectivity index (χ1) is 19.6. The van der Waals surface area contributed by atoms with Gasteiger partial charge in [0, 0.05) is 50.4 Å². The van der Waals surface area contributed by atoms with Crippen LogP contribution in [-0.2, 0) is 22.6 Å². The summed E-state index contributed by atoms with van der Waals surface area (Å²) in [5, 5.41) is 5.83. The number of amides is 1. The highest BCUT2D eigenvalue weighted by molar-refractivity contribution is 7.22. The molecule has 0 fully saturated rings. The molecule has 0 saturated heterocycles. The fourth-order valence-electron chi connectivity index (χ4n) is 3.86. The van der Waals surface area contributed by atoms with Crippen LogP contribution in [0.25, 0.3) is 20.8 Å². The summed E-state index contributed by atoms with van der Waals surface area (Å²) in [4.78, 5) is 22.1.